The lowest BCUT2D eigenvalue weighted by molar-refractivity contribution is -0.141. The van der Waals surface area contributed by atoms with Crippen molar-refractivity contribution in [2.45, 2.75) is 18.5 Å². The number of likely N-dealkylation sites (tertiary alicyclic amines) is 1. The molecule has 0 radical (unpaired) electrons. The molecule has 2 heterocycles. The van der Waals surface area contributed by atoms with E-state index in [1.807, 2.05) is 0 Å². The first-order valence-corrected chi connectivity index (χ1v) is 6.90. The summed E-state index contributed by atoms with van der Waals surface area (Å²) in [4.78, 5) is 27.3. The van der Waals surface area contributed by atoms with Crippen LogP contribution >= 0.6 is 15.9 Å². The second-order valence-corrected chi connectivity index (χ2v) is 5.39. The summed E-state index contributed by atoms with van der Waals surface area (Å²) < 4.78 is 5.67. The van der Waals surface area contributed by atoms with Gasteiger partial charge >= 0.3 is 12.1 Å². The Balaban J connectivity index is 2.12. The summed E-state index contributed by atoms with van der Waals surface area (Å²) in [6, 6.07) is 1.97. The lowest BCUT2D eigenvalue weighted by Gasteiger charge is -2.17. The van der Waals surface area contributed by atoms with Gasteiger partial charge in [0.1, 0.15) is 22.2 Å². The molecule has 9 heteroatoms. The number of amides is 1. The maximum atomic E-state index is 11.1. The number of methoxy groups -OCH3 is 1. The van der Waals surface area contributed by atoms with Crippen LogP contribution in [-0.4, -0.2) is 57.9 Å². The number of anilines is 1. The quantitative estimate of drug-likeness (QED) is 0.697. The van der Waals surface area contributed by atoms with E-state index in [1.54, 1.807) is 12.1 Å². The van der Waals surface area contributed by atoms with Gasteiger partial charge in [-0.2, -0.15) is 0 Å². The van der Waals surface area contributed by atoms with Gasteiger partial charge in [0.15, 0.2) is 0 Å². The van der Waals surface area contributed by atoms with Gasteiger partial charge in [0.05, 0.1) is 7.11 Å². The number of carboxylic acid groups (broad SMARTS) is 2. The number of aliphatic carboxylic acids is 1. The molecule has 1 aliphatic heterocycles. The van der Waals surface area contributed by atoms with Gasteiger partial charge in [-0.1, -0.05) is 0 Å². The second kappa shape index (κ2) is 6.17. The van der Waals surface area contributed by atoms with Crippen molar-refractivity contribution in [1.82, 2.24) is 9.88 Å². The third-order valence-corrected chi connectivity index (χ3v) is 3.59. The number of ether oxygens (including phenoxy) is 1. The fraction of sp³-hybridized carbons (Fsp3) is 0.417. The number of hydrogen-bond donors (Lipinski definition) is 3. The van der Waals surface area contributed by atoms with E-state index in [0.29, 0.717) is 16.2 Å². The maximum Gasteiger partial charge on any atom is 0.408 e. The van der Waals surface area contributed by atoms with Gasteiger partial charge in [-0.25, -0.2) is 14.6 Å². The number of halogens is 1. The molecule has 0 unspecified atom stereocenters. The molecule has 8 nitrogen and oxygen atoms in total. The average molecular weight is 360 g/mol. The highest BCUT2D eigenvalue weighted by Gasteiger charge is 2.39. The van der Waals surface area contributed by atoms with Crippen LogP contribution in [0.25, 0.3) is 0 Å². The molecule has 1 aromatic heterocycles. The van der Waals surface area contributed by atoms with Crippen molar-refractivity contribution in [2.24, 2.45) is 0 Å². The van der Waals surface area contributed by atoms with Crippen LogP contribution in [0.15, 0.2) is 16.7 Å². The van der Waals surface area contributed by atoms with Crippen molar-refractivity contribution in [2.75, 3.05) is 19.0 Å². The fourth-order valence-electron chi connectivity index (χ4n) is 2.26. The van der Waals surface area contributed by atoms with E-state index in [4.69, 9.17) is 14.9 Å². The summed E-state index contributed by atoms with van der Waals surface area (Å²) in [5, 5.41) is 21.1. The van der Waals surface area contributed by atoms with Crippen LogP contribution in [0.5, 0.6) is 5.75 Å². The molecular weight excluding hydrogens is 346 g/mol. The fourth-order valence-corrected chi connectivity index (χ4v) is 2.68. The molecule has 21 heavy (non-hydrogen) atoms. The molecule has 0 saturated carbocycles. The number of aromatic nitrogens is 1. The molecule has 1 amide bonds. The summed E-state index contributed by atoms with van der Waals surface area (Å²) in [7, 11) is 1.52. The maximum absolute atomic E-state index is 11.1. The molecule has 0 bridgehead atoms. The van der Waals surface area contributed by atoms with Gasteiger partial charge in [-0.3, -0.25) is 4.90 Å². The number of nitrogens with zero attached hydrogens (tertiary/aromatic N) is 2. The third kappa shape index (κ3) is 3.54. The Hall–Kier alpha value is -2.03. The van der Waals surface area contributed by atoms with Crippen LogP contribution in [0.1, 0.15) is 6.42 Å². The Morgan fingerprint density at radius 2 is 2.19 bits per heavy atom. The average Bonchev–Trinajstić information content (AvgIpc) is 2.82. The zero-order chi connectivity index (χ0) is 15.6. The highest BCUT2D eigenvalue weighted by Crippen LogP contribution is 2.25. The summed E-state index contributed by atoms with van der Waals surface area (Å²) >= 11 is 3.24. The first-order valence-electron chi connectivity index (χ1n) is 6.11. The highest BCUT2D eigenvalue weighted by atomic mass is 79.9. The van der Waals surface area contributed by atoms with Crippen LogP contribution in [0.4, 0.5) is 10.6 Å². The first kappa shape index (κ1) is 15.4. The van der Waals surface area contributed by atoms with Gasteiger partial charge in [-0.05, 0) is 15.9 Å². The van der Waals surface area contributed by atoms with Crippen molar-refractivity contribution >= 4 is 33.8 Å². The molecule has 0 aliphatic carbocycles. The molecule has 0 spiro atoms. The van der Waals surface area contributed by atoms with E-state index < -0.39 is 18.1 Å². The van der Waals surface area contributed by atoms with Gasteiger partial charge in [-0.15, -0.1) is 0 Å². The molecule has 2 atom stereocenters. The van der Waals surface area contributed by atoms with E-state index in [1.165, 1.54) is 7.11 Å². The van der Waals surface area contributed by atoms with Crippen molar-refractivity contribution in [1.29, 1.82) is 0 Å². The zero-order valence-electron chi connectivity index (χ0n) is 11.1. The topological polar surface area (TPSA) is 112 Å². The molecule has 1 saturated heterocycles. The van der Waals surface area contributed by atoms with E-state index in [-0.39, 0.29) is 19.0 Å². The van der Waals surface area contributed by atoms with E-state index >= 15 is 0 Å². The molecule has 1 aliphatic rings. The molecular formula is C12H14BrN3O5. The minimum Gasteiger partial charge on any atom is -0.497 e. The molecule has 1 fully saturated rings. The van der Waals surface area contributed by atoms with Gasteiger partial charge in [0.25, 0.3) is 0 Å². The Bertz CT molecular complexity index is 546. The van der Waals surface area contributed by atoms with E-state index in [9.17, 15) is 9.59 Å². The number of hydrogen-bond acceptors (Lipinski definition) is 5. The Kier molecular flexibility index (Phi) is 4.51. The van der Waals surface area contributed by atoms with Crippen LogP contribution in [-0.2, 0) is 4.79 Å². The van der Waals surface area contributed by atoms with Gasteiger partial charge in [0.2, 0.25) is 0 Å². The van der Waals surface area contributed by atoms with Gasteiger partial charge < -0.3 is 20.3 Å². The summed E-state index contributed by atoms with van der Waals surface area (Å²) in [5.74, 6) is -0.0775. The first-order chi connectivity index (χ1) is 9.90. The van der Waals surface area contributed by atoms with Crippen molar-refractivity contribution in [3.63, 3.8) is 0 Å². The summed E-state index contributed by atoms with van der Waals surface area (Å²) in [5.41, 5.74) is 0. The molecule has 3 N–H and O–H groups in total. The van der Waals surface area contributed by atoms with Crippen LogP contribution in [0.3, 0.4) is 0 Å². The SMILES string of the molecule is COc1cc(Br)nc(N[C@H]2C[C@@H](C(=O)O)N(C(=O)O)C2)c1. The lowest BCUT2D eigenvalue weighted by Crippen LogP contribution is -2.39. The molecule has 2 rings (SSSR count). The van der Waals surface area contributed by atoms with Crippen LogP contribution < -0.4 is 10.1 Å². The zero-order valence-corrected chi connectivity index (χ0v) is 12.7. The standard InChI is InChI=1S/C12H14BrN3O5/c1-21-7-3-9(13)15-10(4-7)14-6-2-8(11(17)18)16(5-6)12(19)20/h3-4,6,8H,2,5H2,1H3,(H,14,15)(H,17,18)(H,19,20)/t6-,8-/m0/s1. The third-order valence-electron chi connectivity index (χ3n) is 3.19. The Labute approximate surface area is 128 Å². The monoisotopic (exact) mass is 359 g/mol. The lowest BCUT2D eigenvalue weighted by atomic mass is 10.1. The van der Waals surface area contributed by atoms with Crippen molar-refractivity contribution in [3.05, 3.63) is 16.7 Å². The highest BCUT2D eigenvalue weighted by molar-refractivity contribution is 9.10. The molecule has 1 aromatic rings. The minimum absolute atomic E-state index is 0.0861. The minimum atomic E-state index is -1.24. The van der Waals surface area contributed by atoms with E-state index in [2.05, 4.69) is 26.2 Å². The second-order valence-electron chi connectivity index (χ2n) is 4.58. The predicted octanol–water partition coefficient (Wildman–Crippen LogP) is 1.47. The number of carbonyl (C=O) groups is 2. The number of nitrogens with one attached hydrogen (secondary N) is 1. The van der Waals surface area contributed by atoms with Crippen molar-refractivity contribution in [3.8, 4) is 5.75 Å². The van der Waals surface area contributed by atoms with Crippen LogP contribution in [0, 0.1) is 0 Å². The van der Waals surface area contributed by atoms with E-state index in [0.717, 1.165) is 4.90 Å². The summed E-state index contributed by atoms with van der Waals surface area (Å²) in [6.07, 6.45) is -1.07. The Morgan fingerprint density at radius 3 is 2.71 bits per heavy atom. The molecule has 114 valence electrons. The predicted molar refractivity (Wildman–Crippen MR) is 76.7 cm³/mol. The largest absolute Gasteiger partial charge is 0.497 e. The van der Waals surface area contributed by atoms with Gasteiger partial charge in [0, 0.05) is 31.1 Å². The Morgan fingerprint density at radius 1 is 1.48 bits per heavy atom. The summed E-state index contributed by atoms with van der Waals surface area (Å²) in [6.45, 7) is 0.0861. The smallest absolute Gasteiger partial charge is 0.408 e. The van der Waals surface area contributed by atoms with Crippen molar-refractivity contribution < 1.29 is 24.5 Å². The normalized spacial score (nSPS) is 21.1. The number of pyridine rings is 1. The van der Waals surface area contributed by atoms with Crippen LogP contribution in [0.2, 0.25) is 0 Å². The number of rotatable bonds is 4. The number of carboxylic acids is 1. The molecule has 0 aromatic carbocycles.